The first-order chi connectivity index (χ1) is 8.08. The van der Waals surface area contributed by atoms with Crippen LogP contribution in [0.2, 0.25) is 0 Å². The minimum absolute atomic E-state index is 0.0608. The maximum Gasteiger partial charge on any atom is 0.0555 e. The van der Waals surface area contributed by atoms with Crippen LogP contribution in [0, 0.1) is 11.8 Å². The fraction of sp³-hybridized carbons (Fsp3) is 1.00. The first-order valence-corrected chi connectivity index (χ1v) is 7.50. The molecule has 1 rings (SSSR count). The van der Waals surface area contributed by atoms with Crippen LogP contribution in [0.5, 0.6) is 0 Å². The molecule has 0 aliphatic heterocycles. The molecule has 0 saturated heterocycles. The molecule has 0 heterocycles. The van der Waals surface area contributed by atoms with E-state index in [2.05, 4.69) is 32.6 Å². The summed E-state index contributed by atoms with van der Waals surface area (Å²) in [5.74, 6) is 1.53. The number of aliphatic hydroxyl groups excluding tert-OH is 1. The molecule has 3 atom stereocenters. The van der Waals surface area contributed by atoms with Crippen molar-refractivity contribution in [3.05, 3.63) is 0 Å². The molecule has 1 aliphatic rings. The Morgan fingerprint density at radius 3 is 2.47 bits per heavy atom. The average molecular weight is 241 g/mol. The SMILES string of the molecule is CCCC1CCC(O)CC1N(CC)CC(C)C. The van der Waals surface area contributed by atoms with E-state index in [1.165, 1.54) is 25.8 Å². The Labute approximate surface area is 107 Å². The van der Waals surface area contributed by atoms with Gasteiger partial charge in [-0.1, -0.05) is 34.1 Å². The van der Waals surface area contributed by atoms with E-state index >= 15 is 0 Å². The second-order valence-electron chi connectivity index (χ2n) is 6.06. The summed E-state index contributed by atoms with van der Waals surface area (Å²) in [5.41, 5.74) is 0. The zero-order chi connectivity index (χ0) is 12.8. The summed E-state index contributed by atoms with van der Waals surface area (Å²) in [6.45, 7) is 11.4. The van der Waals surface area contributed by atoms with Crippen LogP contribution in [0.1, 0.15) is 59.8 Å². The molecule has 3 unspecified atom stereocenters. The standard InChI is InChI=1S/C15H31NO/c1-5-7-13-8-9-14(17)10-15(13)16(6-2)11-12(3)4/h12-15,17H,5-11H2,1-4H3. The van der Waals surface area contributed by atoms with Crippen molar-refractivity contribution in [2.24, 2.45) is 11.8 Å². The molecule has 2 heteroatoms. The van der Waals surface area contributed by atoms with Gasteiger partial charge in [-0.2, -0.15) is 0 Å². The Morgan fingerprint density at radius 1 is 1.24 bits per heavy atom. The average Bonchev–Trinajstić information content (AvgIpc) is 2.28. The van der Waals surface area contributed by atoms with Gasteiger partial charge in [0.25, 0.3) is 0 Å². The fourth-order valence-corrected chi connectivity index (χ4v) is 3.31. The van der Waals surface area contributed by atoms with Gasteiger partial charge >= 0.3 is 0 Å². The molecule has 1 fully saturated rings. The van der Waals surface area contributed by atoms with E-state index < -0.39 is 0 Å². The van der Waals surface area contributed by atoms with E-state index in [1.807, 2.05) is 0 Å². The van der Waals surface area contributed by atoms with Crippen molar-refractivity contribution in [3.63, 3.8) is 0 Å². The lowest BCUT2D eigenvalue weighted by atomic mass is 9.79. The topological polar surface area (TPSA) is 23.5 Å². The molecule has 1 aliphatic carbocycles. The number of aliphatic hydroxyl groups is 1. The van der Waals surface area contributed by atoms with Crippen molar-refractivity contribution in [2.75, 3.05) is 13.1 Å². The molecule has 0 radical (unpaired) electrons. The zero-order valence-corrected chi connectivity index (χ0v) is 12.2. The van der Waals surface area contributed by atoms with Gasteiger partial charge in [0.1, 0.15) is 0 Å². The van der Waals surface area contributed by atoms with Gasteiger partial charge in [0.05, 0.1) is 6.10 Å². The predicted octanol–water partition coefficient (Wildman–Crippen LogP) is 3.29. The number of rotatable bonds is 6. The van der Waals surface area contributed by atoms with E-state index in [0.29, 0.717) is 6.04 Å². The summed E-state index contributed by atoms with van der Waals surface area (Å²) in [4.78, 5) is 2.60. The summed E-state index contributed by atoms with van der Waals surface area (Å²) in [5, 5.41) is 9.92. The van der Waals surface area contributed by atoms with Gasteiger partial charge < -0.3 is 10.0 Å². The third-order valence-corrected chi connectivity index (χ3v) is 4.06. The second-order valence-corrected chi connectivity index (χ2v) is 6.06. The normalized spacial score (nSPS) is 30.2. The number of nitrogens with zero attached hydrogens (tertiary/aromatic N) is 1. The highest BCUT2D eigenvalue weighted by molar-refractivity contribution is 4.86. The molecular weight excluding hydrogens is 210 g/mol. The van der Waals surface area contributed by atoms with Crippen LogP contribution >= 0.6 is 0 Å². The summed E-state index contributed by atoms with van der Waals surface area (Å²) in [6, 6.07) is 0.617. The van der Waals surface area contributed by atoms with Crippen molar-refractivity contribution < 1.29 is 5.11 Å². The molecule has 0 spiro atoms. The van der Waals surface area contributed by atoms with Gasteiger partial charge in [-0.15, -0.1) is 0 Å². The Bertz CT molecular complexity index is 205. The van der Waals surface area contributed by atoms with Crippen molar-refractivity contribution in [2.45, 2.75) is 71.9 Å². The minimum atomic E-state index is -0.0608. The highest BCUT2D eigenvalue weighted by Gasteiger charge is 2.32. The zero-order valence-electron chi connectivity index (χ0n) is 12.2. The summed E-state index contributed by atoms with van der Waals surface area (Å²) in [6.07, 6.45) is 5.76. The Hall–Kier alpha value is -0.0800. The molecule has 1 saturated carbocycles. The smallest absolute Gasteiger partial charge is 0.0555 e. The molecule has 0 amide bonds. The first-order valence-electron chi connectivity index (χ1n) is 7.50. The predicted molar refractivity (Wildman–Crippen MR) is 74.1 cm³/mol. The van der Waals surface area contributed by atoms with Crippen molar-refractivity contribution in [1.82, 2.24) is 4.90 Å². The van der Waals surface area contributed by atoms with Gasteiger partial charge in [0.15, 0.2) is 0 Å². The van der Waals surface area contributed by atoms with E-state index in [4.69, 9.17) is 0 Å². The molecule has 0 aromatic heterocycles. The molecule has 0 bridgehead atoms. The molecule has 0 aromatic carbocycles. The number of hydrogen-bond donors (Lipinski definition) is 1. The van der Waals surface area contributed by atoms with E-state index in [0.717, 1.165) is 31.2 Å². The molecule has 17 heavy (non-hydrogen) atoms. The lowest BCUT2D eigenvalue weighted by Crippen LogP contribution is -2.47. The summed E-state index contributed by atoms with van der Waals surface area (Å²) < 4.78 is 0. The van der Waals surface area contributed by atoms with E-state index in [1.54, 1.807) is 0 Å². The molecular formula is C15H31NO. The monoisotopic (exact) mass is 241 g/mol. The second kappa shape index (κ2) is 7.38. The fourth-order valence-electron chi connectivity index (χ4n) is 3.31. The van der Waals surface area contributed by atoms with Gasteiger partial charge in [-0.3, -0.25) is 0 Å². The quantitative estimate of drug-likeness (QED) is 0.771. The van der Waals surface area contributed by atoms with Crippen LogP contribution in [0.15, 0.2) is 0 Å². The van der Waals surface area contributed by atoms with Gasteiger partial charge in [-0.25, -0.2) is 0 Å². The van der Waals surface area contributed by atoms with Crippen molar-refractivity contribution >= 4 is 0 Å². The number of hydrogen-bond acceptors (Lipinski definition) is 2. The van der Waals surface area contributed by atoms with Crippen LogP contribution in [0.3, 0.4) is 0 Å². The highest BCUT2D eigenvalue weighted by atomic mass is 16.3. The Balaban J connectivity index is 2.64. The van der Waals surface area contributed by atoms with Gasteiger partial charge in [0, 0.05) is 12.6 Å². The maximum absolute atomic E-state index is 9.92. The summed E-state index contributed by atoms with van der Waals surface area (Å²) >= 11 is 0. The molecule has 2 nitrogen and oxygen atoms in total. The van der Waals surface area contributed by atoms with Gasteiger partial charge in [-0.05, 0) is 44.1 Å². The van der Waals surface area contributed by atoms with Crippen LogP contribution < -0.4 is 0 Å². The maximum atomic E-state index is 9.92. The molecule has 102 valence electrons. The lowest BCUT2D eigenvalue weighted by molar-refractivity contribution is 0.0212. The van der Waals surface area contributed by atoms with Gasteiger partial charge in [0.2, 0.25) is 0 Å². The minimum Gasteiger partial charge on any atom is -0.393 e. The van der Waals surface area contributed by atoms with E-state index in [9.17, 15) is 5.11 Å². The lowest BCUT2D eigenvalue weighted by Gasteiger charge is -2.42. The molecule has 0 aromatic rings. The molecule has 1 N–H and O–H groups in total. The first kappa shape index (κ1) is 15.0. The van der Waals surface area contributed by atoms with E-state index in [-0.39, 0.29) is 6.10 Å². The third kappa shape index (κ3) is 4.59. The van der Waals surface area contributed by atoms with Crippen molar-refractivity contribution in [1.29, 1.82) is 0 Å². The Morgan fingerprint density at radius 2 is 1.94 bits per heavy atom. The van der Waals surface area contributed by atoms with Crippen LogP contribution in [0.25, 0.3) is 0 Å². The summed E-state index contributed by atoms with van der Waals surface area (Å²) in [7, 11) is 0. The van der Waals surface area contributed by atoms with Crippen LogP contribution in [0.4, 0.5) is 0 Å². The van der Waals surface area contributed by atoms with Crippen LogP contribution in [-0.4, -0.2) is 35.2 Å². The van der Waals surface area contributed by atoms with Crippen molar-refractivity contribution in [3.8, 4) is 0 Å². The largest absolute Gasteiger partial charge is 0.393 e. The van der Waals surface area contributed by atoms with Crippen LogP contribution in [-0.2, 0) is 0 Å². The highest BCUT2D eigenvalue weighted by Crippen LogP contribution is 2.32. The Kier molecular flexibility index (Phi) is 6.50. The third-order valence-electron chi connectivity index (χ3n) is 4.06.